The van der Waals surface area contributed by atoms with Crippen molar-refractivity contribution >= 4 is 38.5 Å². The quantitative estimate of drug-likeness (QED) is 0.387. The van der Waals surface area contributed by atoms with Gasteiger partial charge < -0.3 is 28.4 Å². The van der Waals surface area contributed by atoms with Crippen molar-refractivity contribution in [3.63, 3.8) is 0 Å². The zero-order valence-electron chi connectivity index (χ0n) is 17.1. The topological polar surface area (TPSA) is 100 Å². The van der Waals surface area contributed by atoms with E-state index in [9.17, 15) is 9.59 Å². The van der Waals surface area contributed by atoms with Crippen LogP contribution in [0.1, 0.15) is 0 Å². The summed E-state index contributed by atoms with van der Waals surface area (Å²) in [5.74, 6) is 0.763. The molecule has 0 bridgehead atoms. The van der Waals surface area contributed by atoms with Crippen molar-refractivity contribution in [2.24, 2.45) is 0 Å². The Morgan fingerprint density at radius 2 is 1.84 bits per heavy atom. The molecule has 0 aliphatic rings. The number of furan rings is 1. The van der Waals surface area contributed by atoms with Crippen LogP contribution in [0.15, 0.2) is 72.9 Å². The number of anilines is 1. The molecule has 0 aliphatic heterocycles. The summed E-state index contributed by atoms with van der Waals surface area (Å²) in [6, 6.07) is 15.0. The van der Waals surface area contributed by atoms with Crippen molar-refractivity contribution in [3.8, 4) is 28.8 Å². The highest BCUT2D eigenvalue weighted by Crippen LogP contribution is 2.33. The van der Waals surface area contributed by atoms with Crippen molar-refractivity contribution in [3.05, 3.63) is 69.5 Å². The molecule has 2 heterocycles. The molecule has 32 heavy (non-hydrogen) atoms. The molecule has 0 spiro atoms. The van der Waals surface area contributed by atoms with Crippen molar-refractivity contribution in [1.82, 2.24) is 0 Å². The highest BCUT2D eigenvalue weighted by atomic mass is 79.9. The number of amides is 1. The Labute approximate surface area is 190 Å². The molecule has 8 nitrogen and oxygen atoms in total. The summed E-state index contributed by atoms with van der Waals surface area (Å²) in [5, 5.41) is 3.02. The fourth-order valence-corrected chi connectivity index (χ4v) is 3.39. The minimum absolute atomic E-state index is 0.0919. The molecule has 0 unspecified atom stereocenters. The van der Waals surface area contributed by atoms with E-state index in [4.69, 9.17) is 23.0 Å². The van der Waals surface area contributed by atoms with Gasteiger partial charge in [-0.15, -0.1) is 0 Å². The summed E-state index contributed by atoms with van der Waals surface area (Å²) < 4.78 is 27.9. The molecule has 1 N–H and O–H groups in total. The number of carbonyl (C=O) groups excluding carboxylic acids is 1. The second-order valence-corrected chi connectivity index (χ2v) is 7.37. The SMILES string of the molecule is COc1ccc(NC(=O)COc2c(-c3ccc(Br)o3)oc3ccccc3c2=O)c(OC)c1. The lowest BCUT2D eigenvalue weighted by atomic mass is 10.2. The number of para-hydroxylation sites is 1. The smallest absolute Gasteiger partial charge is 0.262 e. The number of rotatable bonds is 7. The van der Waals surface area contributed by atoms with Gasteiger partial charge in [0.1, 0.15) is 17.1 Å². The van der Waals surface area contributed by atoms with E-state index in [1.807, 2.05) is 0 Å². The molecule has 0 atom stereocenters. The van der Waals surface area contributed by atoms with Crippen LogP contribution in [0.5, 0.6) is 17.2 Å². The van der Waals surface area contributed by atoms with Crippen LogP contribution in [-0.2, 0) is 4.79 Å². The lowest BCUT2D eigenvalue weighted by Gasteiger charge is -2.13. The van der Waals surface area contributed by atoms with E-state index in [0.717, 1.165) is 0 Å². The fourth-order valence-electron chi connectivity index (χ4n) is 3.08. The number of nitrogens with one attached hydrogen (secondary N) is 1. The van der Waals surface area contributed by atoms with Gasteiger partial charge in [-0.2, -0.15) is 0 Å². The van der Waals surface area contributed by atoms with Crippen LogP contribution in [-0.4, -0.2) is 26.7 Å². The fraction of sp³-hybridized carbons (Fsp3) is 0.130. The van der Waals surface area contributed by atoms with E-state index in [-0.39, 0.29) is 17.3 Å². The van der Waals surface area contributed by atoms with E-state index >= 15 is 0 Å². The summed E-state index contributed by atoms with van der Waals surface area (Å²) in [5.41, 5.74) is 0.395. The molecule has 1 amide bonds. The third-order valence-electron chi connectivity index (χ3n) is 4.58. The van der Waals surface area contributed by atoms with E-state index in [0.29, 0.717) is 32.8 Å². The number of halogens is 1. The first-order valence-electron chi connectivity index (χ1n) is 9.46. The van der Waals surface area contributed by atoms with Crippen LogP contribution in [0, 0.1) is 0 Å². The third-order valence-corrected chi connectivity index (χ3v) is 5.01. The molecule has 9 heteroatoms. The lowest BCUT2D eigenvalue weighted by Crippen LogP contribution is -2.23. The van der Waals surface area contributed by atoms with Crippen molar-refractivity contribution in [1.29, 1.82) is 0 Å². The largest absolute Gasteiger partial charge is 0.497 e. The second kappa shape index (κ2) is 9.19. The molecule has 0 saturated carbocycles. The average Bonchev–Trinajstić information content (AvgIpc) is 3.24. The van der Waals surface area contributed by atoms with Crippen molar-refractivity contribution in [2.45, 2.75) is 0 Å². The van der Waals surface area contributed by atoms with E-state index in [1.165, 1.54) is 14.2 Å². The highest BCUT2D eigenvalue weighted by Gasteiger charge is 2.21. The minimum atomic E-state index is -0.493. The number of ether oxygens (including phenoxy) is 3. The Balaban J connectivity index is 1.62. The molecule has 0 saturated heterocycles. The van der Waals surface area contributed by atoms with Crippen LogP contribution in [0.25, 0.3) is 22.5 Å². The predicted octanol–water partition coefficient (Wildman–Crippen LogP) is 4.85. The Bertz CT molecular complexity index is 1340. The van der Waals surface area contributed by atoms with Crippen LogP contribution in [0.2, 0.25) is 0 Å². The number of fused-ring (bicyclic) bond motifs is 1. The summed E-state index contributed by atoms with van der Waals surface area (Å²) in [6.45, 7) is -0.437. The first-order valence-corrected chi connectivity index (χ1v) is 10.3. The summed E-state index contributed by atoms with van der Waals surface area (Å²) in [7, 11) is 3.01. The predicted molar refractivity (Wildman–Crippen MR) is 122 cm³/mol. The third kappa shape index (κ3) is 4.33. The number of methoxy groups -OCH3 is 2. The Kier molecular flexibility index (Phi) is 6.18. The monoisotopic (exact) mass is 499 g/mol. The first kappa shape index (κ1) is 21.5. The Morgan fingerprint density at radius 1 is 1.03 bits per heavy atom. The maximum Gasteiger partial charge on any atom is 0.262 e. The number of benzene rings is 2. The average molecular weight is 500 g/mol. The van der Waals surface area contributed by atoms with Gasteiger partial charge in [0.15, 0.2) is 17.0 Å². The summed E-state index contributed by atoms with van der Waals surface area (Å²) in [4.78, 5) is 25.6. The number of carbonyl (C=O) groups is 1. The number of hydrogen-bond acceptors (Lipinski definition) is 7. The Hall–Kier alpha value is -3.72. The van der Waals surface area contributed by atoms with Gasteiger partial charge in [-0.1, -0.05) is 12.1 Å². The molecule has 4 aromatic rings. The van der Waals surface area contributed by atoms with Crippen molar-refractivity contribution in [2.75, 3.05) is 26.1 Å². The first-order chi connectivity index (χ1) is 15.5. The maximum atomic E-state index is 13.1. The van der Waals surface area contributed by atoms with Crippen LogP contribution in [0.3, 0.4) is 0 Å². The van der Waals surface area contributed by atoms with Gasteiger partial charge in [-0.25, -0.2) is 0 Å². The van der Waals surface area contributed by atoms with Crippen LogP contribution in [0.4, 0.5) is 5.69 Å². The zero-order chi connectivity index (χ0) is 22.7. The Morgan fingerprint density at radius 3 is 2.56 bits per heavy atom. The molecular formula is C23H18BrNO7. The van der Waals surface area contributed by atoms with Gasteiger partial charge in [0, 0.05) is 6.07 Å². The second-order valence-electron chi connectivity index (χ2n) is 6.59. The molecule has 4 rings (SSSR count). The van der Waals surface area contributed by atoms with Gasteiger partial charge >= 0.3 is 0 Å². The lowest BCUT2D eigenvalue weighted by molar-refractivity contribution is -0.118. The van der Waals surface area contributed by atoms with Gasteiger partial charge in [-0.05, 0) is 52.3 Å². The molecule has 0 radical (unpaired) electrons. The van der Waals surface area contributed by atoms with Gasteiger partial charge in [-0.3, -0.25) is 9.59 Å². The summed E-state index contributed by atoms with van der Waals surface area (Å²) in [6.07, 6.45) is 0. The van der Waals surface area contributed by atoms with Crippen molar-refractivity contribution < 1.29 is 27.8 Å². The molecule has 0 fully saturated rings. The molecular weight excluding hydrogens is 482 g/mol. The molecule has 2 aromatic heterocycles. The normalized spacial score (nSPS) is 10.7. The van der Waals surface area contributed by atoms with E-state index in [2.05, 4.69) is 21.2 Å². The number of hydrogen-bond donors (Lipinski definition) is 1. The van der Waals surface area contributed by atoms with Gasteiger partial charge in [0.05, 0.1) is 25.3 Å². The standard InChI is InChI=1S/C23H18BrNO7/c1-28-13-7-8-15(18(11-13)29-2)25-20(26)12-30-23-21(27)14-5-3-4-6-16(14)32-22(23)17-9-10-19(24)31-17/h3-11H,12H2,1-2H3,(H,25,26). The molecule has 0 aliphatic carbocycles. The maximum absolute atomic E-state index is 13.1. The van der Waals surface area contributed by atoms with Gasteiger partial charge in [0.25, 0.3) is 5.91 Å². The zero-order valence-corrected chi connectivity index (χ0v) is 18.7. The van der Waals surface area contributed by atoms with E-state index in [1.54, 1.807) is 54.6 Å². The van der Waals surface area contributed by atoms with E-state index < -0.39 is 17.9 Å². The van der Waals surface area contributed by atoms with Crippen LogP contribution >= 0.6 is 15.9 Å². The molecule has 2 aromatic carbocycles. The van der Waals surface area contributed by atoms with Gasteiger partial charge in [0.2, 0.25) is 16.9 Å². The van der Waals surface area contributed by atoms with Crippen LogP contribution < -0.4 is 25.0 Å². The minimum Gasteiger partial charge on any atom is -0.497 e. The molecule has 164 valence electrons. The highest BCUT2D eigenvalue weighted by molar-refractivity contribution is 9.10. The summed E-state index contributed by atoms with van der Waals surface area (Å²) >= 11 is 3.23.